The van der Waals surface area contributed by atoms with Gasteiger partial charge in [0.25, 0.3) is 0 Å². The number of amides is 1. The summed E-state index contributed by atoms with van der Waals surface area (Å²) < 4.78 is 0. The summed E-state index contributed by atoms with van der Waals surface area (Å²) in [7, 11) is 0. The molecule has 146 valence electrons. The van der Waals surface area contributed by atoms with E-state index in [1.165, 1.54) is 24.0 Å². The molecule has 4 heteroatoms. The maximum Gasteiger partial charge on any atom is 0.235 e. The monoisotopic (exact) mass is 383 g/mol. The molecule has 1 atom stereocenters. The lowest BCUT2D eigenvalue weighted by atomic mass is 9.79. The van der Waals surface area contributed by atoms with E-state index in [0.29, 0.717) is 5.92 Å². The number of nitrogens with one attached hydrogen (secondary N) is 2. The first-order chi connectivity index (χ1) is 14.1. The zero-order chi connectivity index (χ0) is 20.0. The number of benzene rings is 2. The lowest BCUT2D eigenvalue weighted by Crippen LogP contribution is -2.35. The van der Waals surface area contributed by atoms with E-state index in [2.05, 4.69) is 46.5 Å². The second-order valence-electron chi connectivity index (χ2n) is 8.30. The highest BCUT2D eigenvalue weighted by molar-refractivity contribution is 6.07. The van der Waals surface area contributed by atoms with Crippen molar-refractivity contribution in [2.45, 2.75) is 38.0 Å². The Kier molecular flexibility index (Phi) is 4.16. The van der Waals surface area contributed by atoms with Gasteiger partial charge in [-0.1, -0.05) is 30.8 Å². The van der Waals surface area contributed by atoms with Gasteiger partial charge in [-0.15, -0.1) is 0 Å². The van der Waals surface area contributed by atoms with Crippen molar-refractivity contribution in [2.24, 2.45) is 10.9 Å². The van der Waals surface area contributed by atoms with E-state index in [9.17, 15) is 4.79 Å². The molecule has 1 unspecified atom stereocenters. The number of allylic oxidation sites excluding steroid dienone is 2. The maximum atomic E-state index is 12.9. The number of anilines is 2. The second-order valence-corrected chi connectivity index (χ2v) is 8.30. The number of hydrogen-bond acceptors (Lipinski definition) is 3. The summed E-state index contributed by atoms with van der Waals surface area (Å²) in [5.74, 6) is 0.689. The first-order valence-electron chi connectivity index (χ1n) is 10.3. The summed E-state index contributed by atoms with van der Waals surface area (Å²) in [5.41, 5.74) is 7.03. The first-order valence-corrected chi connectivity index (χ1v) is 10.3. The van der Waals surface area contributed by atoms with Gasteiger partial charge in [-0.05, 0) is 73.6 Å². The molecule has 2 aromatic carbocycles. The molecule has 4 nitrogen and oxygen atoms in total. The number of para-hydroxylation sites is 1. The lowest BCUT2D eigenvalue weighted by molar-refractivity contribution is -0.120. The number of fused-ring (bicyclic) bond motifs is 3. The normalized spacial score (nSPS) is 22.7. The van der Waals surface area contributed by atoms with Crippen molar-refractivity contribution in [3.8, 4) is 0 Å². The summed E-state index contributed by atoms with van der Waals surface area (Å²) in [6.45, 7) is 6.11. The van der Waals surface area contributed by atoms with Crippen molar-refractivity contribution < 1.29 is 4.79 Å². The third kappa shape index (κ3) is 3.09. The topological polar surface area (TPSA) is 53.5 Å². The summed E-state index contributed by atoms with van der Waals surface area (Å²) in [6, 6.07) is 14.4. The molecule has 29 heavy (non-hydrogen) atoms. The van der Waals surface area contributed by atoms with Crippen LogP contribution in [0, 0.1) is 5.92 Å². The lowest BCUT2D eigenvalue weighted by Gasteiger charge is -2.20. The fourth-order valence-electron chi connectivity index (χ4n) is 4.67. The van der Waals surface area contributed by atoms with E-state index in [0.717, 1.165) is 41.2 Å². The second kappa shape index (κ2) is 6.73. The molecule has 0 saturated heterocycles. The first kappa shape index (κ1) is 17.9. The number of carbonyl (C=O) groups excluding carboxylic acids is 1. The summed E-state index contributed by atoms with van der Waals surface area (Å²) >= 11 is 0. The minimum atomic E-state index is -0.469. The molecule has 2 aromatic rings. The van der Waals surface area contributed by atoms with Gasteiger partial charge >= 0.3 is 0 Å². The fourth-order valence-corrected chi connectivity index (χ4v) is 4.67. The largest absolute Gasteiger partial charge is 0.356 e. The highest BCUT2D eigenvalue weighted by Gasteiger charge is 2.50. The van der Waals surface area contributed by atoms with Crippen molar-refractivity contribution in [3.63, 3.8) is 0 Å². The van der Waals surface area contributed by atoms with Crippen LogP contribution < -0.4 is 10.6 Å². The molecule has 3 aliphatic rings. The minimum absolute atomic E-state index is 0.114. The zero-order valence-corrected chi connectivity index (χ0v) is 16.7. The van der Waals surface area contributed by atoms with Crippen molar-refractivity contribution in [1.29, 1.82) is 0 Å². The van der Waals surface area contributed by atoms with Crippen LogP contribution >= 0.6 is 0 Å². The van der Waals surface area contributed by atoms with Crippen molar-refractivity contribution >= 4 is 23.5 Å². The quantitative estimate of drug-likeness (QED) is 0.565. The van der Waals surface area contributed by atoms with Gasteiger partial charge in [-0.3, -0.25) is 9.79 Å². The minimum Gasteiger partial charge on any atom is -0.356 e. The van der Waals surface area contributed by atoms with Gasteiger partial charge < -0.3 is 10.6 Å². The van der Waals surface area contributed by atoms with Gasteiger partial charge in [-0.25, -0.2) is 0 Å². The molecule has 2 aliphatic carbocycles. The third-order valence-corrected chi connectivity index (χ3v) is 6.22. The Hall–Kier alpha value is -3.14. The van der Waals surface area contributed by atoms with Gasteiger partial charge in [0.1, 0.15) is 0 Å². The molecule has 0 aromatic heterocycles. The van der Waals surface area contributed by atoms with Crippen LogP contribution in [0.15, 0.2) is 71.5 Å². The summed E-state index contributed by atoms with van der Waals surface area (Å²) in [4.78, 5) is 17.4. The molecule has 1 spiro atoms. The van der Waals surface area contributed by atoms with Crippen LogP contribution in [-0.2, 0) is 23.1 Å². The van der Waals surface area contributed by atoms with Crippen molar-refractivity contribution in [1.82, 2.24) is 0 Å². The maximum absolute atomic E-state index is 12.9. The van der Waals surface area contributed by atoms with Gasteiger partial charge in [0.15, 0.2) is 0 Å². The number of aliphatic imine (C=N–C) groups is 1. The highest BCUT2D eigenvalue weighted by atomic mass is 16.2. The van der Waals surface area contributed by atoms with Crippen LogP contribution in [0.1, 0.15) is 36.5 Å². The Balaban J connectivity index is 1.38. The number of hydrogen-bond donors (Lipinski definition) is 2. The van der Waals surface area contributed by atoms with E-state index < -0.39 is 5.41 Å². The van der Waals surface area contributed by atoms with E-state index >= 15 is 0 Å². The average molecular weight is 383 g/mol. The zero-order valence-electron chi connectivity index (χ0n) is 16.7. The molecule has 1 amide bonds. The molecule has 2 N–H and O–H groups in total. The Bertz CT molecular complexity index is 1080. The Morgan fingerprint density at radius 2 is 2.00 bits per heavy atom. The Morgan fingerprint density at radius 1 is 1.21 bits per heavy atom. The van der Waals surface area contributed by atoms with Crippen LogP contribution in [0.2, 0.25) is 0 Å². The van der Waals surface area contributed by atoms with Crippen LogP contribution in [0.3, 0.4) is 0 Å². The molecular weight excluding hydrogens is 358 g/mol. The molecule has 1 aliphatic heterocycles. The number of carbonyl (C=O) groups is 1. The molecule has 1 saturated carbocycles. The average Bonchev–Trinajstić information content (AvgIpc) is 3.43. The predicted molar refractivity (Wildman–Crippen MR) is 118 cm³/mol. The van der Waals surface area contributed by atoms with Crippen LogP contribution in [-0.4, -0.2) is 12.1 Å². The summed E-state index contributed by atoms with van der Waals surface area (Å²) in [5, 5.41) is 6.48. The molecule has 5 rings (SSSR count). The van der Waals surface area contributed by atoms with Gasteiger partial charge in [0.05, 0.1) is 5.41 Å². The number of rotatable bonds is 5. The van der Waals surface area contributed by atoms with E-state index in [1.54, 1.807) is 0 Å². The highest BCUT2D eigenvalue weighted by Crippen LogP contribution is 2.47. The SMILES string of the molecule is C=C(/C=C(\N=CC)C1CC1)Nc1ccc2c(c1)CC1(C2)C(=O)Nc2ccccc21. The molecular formula is C25H25N3O. The van der Waals surface area contributed by atoms with Gasteiger partial charge in [0.2, 0.25) is 5.91 Å². The Morgan fingerprint density at radius 3 is 2.79 bits per heavy atom. The molecule has 1 heterocycles. The molecule has 0 radical (unpaired) electrons. The standard InChI is InChI=1S/C25H25N3O/c1-3-26-23(17-8-9-17)12-16(2)27-20-11-10-18-14-25(15-19(18)13-20)21-6-4-5-7-22(21)28-24(25)29/h3-7,10-13,17,27H,2,8-9,14-15H2,1H3,(H,28,29)/b23-12-,26-3?. The predicted octanol–water partition coefficient (Wildman–Crippen LogP) is 4.99. The van der Waals surface area contributed by atoms with E-state index in [4.69, 9.17) is 0 Å². The molecule has 1 fully saturated rings. The third-order valence-electron chi connectivity index (χ3n) is 6.22. The van der Waals surface area contributed by atoms with Gasteiger partial charge in [-0.2, -0.15) is 0 Å². The van der Waals surface area contributed by atoms with Crippen LogP contribution in [0.4, 0.5) is 11.4 Å². The van der Waals surface area contributed by atoms with Crippen molar-refractivity contribution in [3.05, 3.63) is 83.2 Å². The van der Waals surface area contributed by atoms with Crippen LogP contribution in [0.25, 0.3) is 0 Å². The number of nitrogens with zero attached hydrogens (tertiary/aromatic N) is 1. The smallest absolute Gasteiger partial charge is 0.235 e. The van der Waals surface area contributed by atoms with E-state index in [1.807, 2.05) is 37.4 Å². The van der Waals surface area contributed by atoms with Gasteiger partial charge in [0, 0.05) is 34.9 Å². The van der Waals surface area contributed by atoms with Crippen LogP contribution in [0.5, 0.6) is 0 Å². The Labute approximate surface area is 171 Å². The molecule has 0 bridgehead atoms. The van der Waals surface area contributed by atoms with E-state index in [-0.39, 0.29) is 5.91 Å². The fraction of sp³-hybridized carbons (Fsp3) is 0.280. The summed E-state index contributed by atoms with van der Waals surface area (Å²) in [6.07, 6.45) is 7.80. The van der Waals surface area contributed by atoms with Crippen molar-refractivity contribution in [2.75, 3.05) is 10.6 Å².